The minimum Gasteiger partial charge on any atom is -0.438 e. The highest BCUT2D eigenvalue weighted by atomic mass is 19.1. The topological polar surface area (TPSA) is 92.3 Å². The number of rotatable bonds is 7. The lowest BCUT2D eigenvalue weighted by atomic mass is 10.1. The third kappa shape index (κ3) is 6.03. The van der Waals surface area contributed by atoms with E-state index in [9.17, 15) is 9.18 Å². The van der Waals surface area contributed by atoms with E-state index >= 15 is 0 Å². The first kappa shape index (κ1) is 28.5. The summed E-state index contributed by atoms with van der Waals surface area (Å²) in [5, 5.41) is 4.60. The summed E-state index contributed by atoms with van der Waals surface area (Å²) in [5.41, 5.74) is 1.63. The molecule has 1 N–H and O–H groups in total. The first-order valence-corrected chi connectivity index (χ1v) is 15.2. The number of benzene rings is 3. The SMILES string of the molecule is CC1OC(N2CCN(c3nccc(Oc4ccc(NC(=O)c5cc(F)cc(N6CCCCC6)c5)c5ccccc45)n3)CC2)O1. The zero-order valence-electron chi connectivity index (χ0n) is 24.6. The highest BCUT2D eigenvalue weighted by molar-refractivity contribution is 6.10. The van der Waals surface area contributed by atoms with Gasteiger partial charge in [0.1, 0.15) is 11.6 Å². The van der Waals surface area contributed by atoms with Crippen molar-refractivity contribution in [2.24, 2.45) is 0 Å². The lowest BCUT2D eigenvalue weighted by Gasteiger charge is -2.44. The second-order valence-corrected chi connectivity index (χ2v) is 11.3. The Hall–Kier alpha value is -4.32. The van der Waals surface area contributed by atoms with Crippen molar-refractivity contribution in [2.75, 3.05) is 54.4 Å². The van der Waals surface area contributed by atoms with Crippen LogP contribution in [0.15, 0.2) is 66.9 Å². The lowest BCUT2D eigenvalue weighted by Crippen LogP contribution is -2.57. The van der Waals surface area contributed by atoms with Gasteiger partial charge in [-0.2, -0.15) is 4.98 Å². The molecule has 228 valence electrons. The van der Waals surface area contributed by atoms with Crippen LogP contribution in [0.1, 0.15) is 36.5 Å². The lowest BCUT2D eigenvalue weighted by molar-refractivity contribution is -0.422. The number of halogens is 1. The van der Waals surface area contributed by atoms with Gasteiger partial charge in [-0.15, -0.1) is 0 Å². The summed E-state index contributed by atoms with van der Waals surface area (Å²) in [6, 6.07) is 17.6. The second kappa shape index (κ2) is 12.4. The fraction of sp³-hybridized carbons (Fsp3) is 0.364. The second-order valence-electron chi connectivity index (χ2n) is 11.3. The summed E-state index contributed by atoms with van der Waals surface area (Å²) in [4.78, 5) is 28.9. The molecule has 3 aliphatic heterocycles. The number of piperidine rings is 1. The van der Waals surface area contributed by atoms with Crippen LogP contribution in [-0.4, -0.2) is 72.7 Å². The van der Waals surface area contributed by atoms with Crippen molar-refractivity contribution in [1.29, 1.82) is 0 Å². The van der Waals surface area contributed by atoms with Gasteiger partial charge in [0, 0.05) is 79.2 Å². The maximum Gasteiger partial charge on any atom is 0.255 e. The fourth-order valence-corrected chi connectivity index (χ4v) is 6.00. The van der Waals surface area contributed by atoms with E-state index in [1.807, 2.05) is 37.3 Å². The highest BCUT2D eigenvalue weighted by Crippen LogP contribution is 2.35. The Labute approximate surface area is 255 Å². The number of aromatic nitrogens is 2. The zero-order valence-corrected chi connectivity index (χ0v) is 24.6. The Morgan fingerprint density at radius 2 is 1.68 bits per heavy atom. The van der Waals surface area contributed by atoms with Gasteiger partial charge in [-0.1, -0.05) is 24.3 Å². The van der Waals surface area contributed by atoms with Crippen molar-refractivity contribution >= 4 is 34.0 Å². The summed E-state index contributed by atoms with van der Waals surface area (Å²) in [7, 11) is 0. The molecule has 0 spiro atoms. The van der Waals surface area contributed by atoms with Crippen LogP contribution >= 0.6 is 0 Å². The molecule has 0 unspecified atom stereocenters. The number of nitrogens with one attached hydrogen (secondary N) is 1. The average Bonchev–Trinajstić information content (AvgIpc) is 3.05. The molecule has 3 fully saturated rings. The molecule has 0 aliphatic carbocycles. The number of hydrogen-bond donors (Lipinski definition) is 1. The van der Waals surface area contributed by atoms with Gasteiger partial charge in [0.15, 0.2) is 6.29 Å². The number of carbonyl (C=O) groups excluding carboxylic acids is 1. The molecule has 1 aromatic heterocycles. The number of hydrogen-bond acceptors (Lipinski definition) is 9. The van der Waals surface area contributed by atoms with Crippen molar-refractivity contribution in [3.63, 3.8) is 0 Å². The van der Waals surface area contributed by atoms with Crippen LogP contribution < -0.4 is 19.9 Å². The van der Waals surface area contributed by atoms with E-state index in [0.29, 0.717) is 23.3 Å². The monoisotopic (exact) mass is 598 g/mol. The van der Waals surface area contributed by atoms with Crippen LogP contribution in [-0.2, 0) is 9.47 Å². The molecule has 3 aromatic carbocycles. The highest BCUT2D eigenvalue weighted by Gasteiger charge is 2.35. The standard InChI is InChI=1S/C33H35FN6O4/c1-22-42-33(43-22)40-17-15-39(16-18-40)32-35-12-11-30(37-32)44-29-10-9-28(26-7-3-4-8-27(26)29)36-31(41)23-19-24(34)21-25(20-23)38-13-5-2-6-14-38/h3-4,7-12,19-22,33H,2,5-6,13-18H2,1H3,(H,36,41). The summed E-state index contributed by atoms with van der Waals surface area (Å²) >= 11 is 0. The molecule has 0 radical (unpaired) electrons. The molecule has 0 bridgehead atoms. The molecule has 1 amide bonds. The van der Waals surface area contributed by atoms with E-state index in [0.717, 1.165) is 68.6 Å². The van der Waals surface area contributed by atoms with Gasteiger partial charge < -0.3 is 29.3 Å². The maximum absolute atomic E-state index is 14.6. The zero-order chi connectivity index (χ0) is 30.0. The number of amides is 1. The summed E-state index contributed by atoms with van der Waals surface area (Å²) < 4.78 is 32.1. The Morgan fingerprint density at radius 3 is 2.45 bits per heavy atom. The predicted octanol–water partition coefficient (Wildman–Crippen LogP) is 5.60. The van der Waals surface area contributed by atoms with Gasteiger partial charge in [0.2, 0.25) is 18.2 Å². The van der Waals surface area contributed by atoms with Gasteiger partial charge >= 0.3 is 0 Å². The van der Waals surface area contributed by atoms with Crippen molar-refractivity contribution < 1.29 is 23.4 Å². The van der Waals surface area contributed by atoms with Gasteiger partial charge in [0.05, 0.1) is 0 Å². The van der Waals surface area contributed by atoms with Crippen LogP contribution in [0, 0.1) is 5.82 Å². The minimum absolute atomic E-state index is 0.150. The molecular weight excluding hydrogens is 563 g/mol. The van der Waals surface area contributed by atoms with E-state index in [-0.39, 0.29) is 24.2 Å². The molecule has 3 saturated heterocycles. The van der Waals surface area contributed by atoms with Crippen molar-refractivity contribution in [3.8, 4) is 11.6 Å². The summed E-state index contributed by atoms with van der Waals surface area (Å²) in [6.45, 7) is 6.65. The van der Waals surface area contributed by atoms with Gasteiger partial charge in [-0.25, -0.2) is 9.37 Å². The van der Waals surface area contributed by atoms with E-state index in [4.69, 9.17) is 14.2 Å². The molecule has 44 heavy (non-hydrogen) atoms. The molecule has 3 aliphatic rings. The normalized spacial score (nSPS) is 20.8. The fourth-order valence-electron chi connectivity index (χ4n) is 6.00. The Morgan fingerprint density at radius 1 is 0.909 bits per heavy atom. The molecule has 7 rings (SSSR count). The number of nitrogens with zero attached hydrogens (tertiary/aromatic N) is 5. The number of fused-ring (bicyclic) bond motifs is 1. The molecule has 4 aromatic rings. The number of anilines is 3. The van der Waals surface area contributed by atoms with Crippen LogP contribution in [0.25, 0.3) is 10.8 Å². The predicted molar refractivity (Wildman–Crippen MR) is 166 cm³/mol. The number of piperazine rings is 1. The first-order chi connectivity index (χ1) is 21.5. The van der Waals surface area contributed by atoms with E-state index in [1.165, 1.54) is 18.6 Å². The third-order valence-electron chi connectivity index (χ3n) is 8.34. The van der Waals surface area contributed by atoms with Crippen LogP contribution in [0.2, 0.25) is 0 Å². The Balaban J connectivity index is 1.07. The number of carbonyl (C=O) groups is 1. The Kier molecular flexibility index (Phi) is 7.99. The van der Waals surface area contributed by atoms with Crippen LogP contribution in [0.5, 0.6) is 11.6 Å². The van der Waals surface area contributed by atoms with Gasteiger partial charge in [0.25, 0.3) is 5.91 Å². The third-order valence-corrected chi connectivity index (χ3v) is 8.34. The maximum atomic E-state index is 14.6. The van der Waals surface area contributed by atoms with Crippen molar-refractivity contribution in [2.45, 2.75) is 38.9 Å². The Bertz CT molecular complexity index is 1650. The van der Waals surface area contributed by atoms with Gasteiger partial charge in [-0.05, 0) is 56.5 Å². The summed E-state index contributed by atoms with van der Waals surface area (Å²) in [6.07, 6.45) is 4.58. The first-order valence-electron chi connectivity index (χ1n) is 15.2. The number of ether oxygens (including phenoxy) is 3. The molecule has 11 heteroatoms. The van der Waals surface area contributed by atoms with Crippen LogP contribution in [0.4, 0.5) is 21.7 Å². The molecular formula is C33H35FN6O4. The van der Waals surface area contributed by atoms with E-state index in [1.54, 1.807) is 24.4 Å². The quantitative estimate of drug-likeness (QED) is 0.292. The van der Waals surface area contributed by atoms with Crippen molar-refractivity contribution in [3.05, 3.63) is 78.2 Å². The van der Waals surface area contributed by atoms with Crippen LogP contribution in [0.3, 0.4) is 0 Å². The minimum atomic E-state index is -0.422. The molecule has 10 nitrogen and oxygen atoms in total. The van der Waals surface area contributed by atoms with E-state index in [2.05, 4.69) is 30.0 Å². The molecule has 0 atom stereocenters. The largest absolute Gasteiger partial charge is 0.438 e. The smallest absolute Gasteiger partial charge is 0.255 e. The average molecular weight is 599 g/mol. The van der Waals surface area contributed by atoms with Gasteiger partial charge in [-0.3, -0.25) is 9.69 Å². The summed E-state index contributed by atoms with van der Waals surface area (Å²) in [5.74, 6) is 0.822. The van der Waals surface area contributed by atoms with E-state index < -0.39 is 5.82 Å². The molecule has 0 saturated carbocycles. The van der Waals surface area contributed by atoms with Crippen molar-refractivity contribution in [1.82, 2.24) is 14.9 Å². The molecule has 4 heterocycles.